The Morgan fingerprint density at radius 1 is 1.32 bits per heavy atom. The van der Waals surface area contributed by atoms with Gasteiger partial charge in [0.2, 0.25) is 5.91 Å². The summed E-state index contributed by atoms with van der Waals surface area (Å²) in [4.78, 5) is 27.4. The quantitative estimate of drug-likeness (QED) is 0.841. The molecular formula is C18H29N5O2. The van der Waals surface area contributed by atoms with Crippen LogP contribution in [0.15, 0.2) is 18.5 Å². The Morgan fingerprint density at radius 2 is 2.08 bits per heavy atom. The summed E-state index contributed by atoms with van der Waals surface area (Å²) < 4.78 is 1.84. The highest BCUT2D eigenvalue weighted by Crippen LogP contribution is 2.30. The van der Waals surface area contributed by atoms with Crippen molar-refractivity contribution in [1.29, 1.82) is 0 Å². The first-order valence-corrected chi connectivity index (χ1v) is 9.33. The number of carbonyl (C=O) groups excluding carboxylic acids is 2. The molecule has 25 heavy (non-hydrogen) atoms. The molecule has 2 amide bonds. The van der Waals surface area contributed by atoms with E-state index in [1.807, 2.05) is 35.7 Å². The van der Waals surface area contributed by atoms with Crippen molar-refractivity contribution in [3.63, 3.8) is 0 Å². The average molecular weight is 347 g/mol. The molecule has 1 atom stereocenters. The molecule has 3 heterocycles. The van der Waals surface area contributed by atoms with Gasteiger partial charge in [-0.3, -0.25) is 14.3 Å². The molecule has 1 aromatic rings. The van der Waals surface area contributed by atoms with Gasteiger partial charge in [0.25, 0.3) is 5.91 Å². The lowest BCUT2D eigenvalue weighted by atomic mass is 9.86. The summed E-state index contributed by atoms with van der Waals surface area (Å²) in [6.07, 6.45) is 6.96. The maximum Gasteiger partial charge on any atom is 0.250 e. The first kappa shape index (κ1) is 17.9. The monoisotopic (exact) mass is 347 g/mol. The number of nitrogens with zero attached hydrogens (tertiary/aromatic N) is 3. The van der Waals surface area contributed by atoms with Gasteiger partial charge in [-0.2, -0.15) is 5.10 Å². The van der Waals surface area contributed by atoms with Crippen molar-refractivity contribution in [3.8, 4) is 0 Å². The van der Waals surface area contributed by atoms with E-state index in [-0.39, 0.29) is 23.8 Å². The molecule has 7 heteroatoms. The number of piperidine rings is 2. The summed E-state index contributed by atoms with van der Waals surface area (Å²) in [5.41, 5.74) is -0.599. The molecule has 138 valence electrons. The fraction of sp³-hybridized carbons (Fsp3) is 0.722. The number of hydrogen-bond donors (Lipinski definition) is 2. The molecule has 7 nitrogen and oxygen atoms in total. The SMILES string of the molecule is CC(C)C(=O)NC1CCCN(C(=O)C2(n3cccn3)CCNCC2)C1. The van der Waals surface area contributed by atoms with Crippen molar-refractivity contribution in [2.45, 2.75) is 51.1 Å². The first-order chi connectivity index (χ1) is 12.0. The lowest BCUT2D eigenvalue weighted by Gasteiger charge is -2.42. The van der Waals surface area contributed by atoms with Crippen molar-refractivity contribution in [1.82, 2.24) is 25.3 Å². The van der Waals surface area contributed by atoms with Gasteiger partial charge in [0.1, 0.15) is 5.54 Å². The number of hydrogen-bond acceptors (Lipinski definition) is 4. The molecule has 1 aromatic heterocycles. The molecule has 2 aliphatic heterocycles. The van der Waals surface area contributed by atoms with Crippen molar-refractivity contribution in [2.75, 3.05) is 26.2 Å². The predicted octanol–water partition coefficient (Wildman–Crippen LogP) is 0.725. The predicted molar refractivity (Wildman–Crippen MR) is 94.9 cm³/mol. The summed E-state index contributed by atoms with van der Waals surface area (Å²) in [6, 6.07) is 1.92. The van der Waals surface area contributed by atoms with Crippen molar-refractivity contribution < 1.29 is 9.59 Å². The summed E-state index contributed by atoms with van der Waals surface area (Å²) in [5.74, 6) is 0.162. The Labute approximate surface area is 149 Å². The van der Waals surface area contributed by atoms with Crippen LogP contribution >= 0.6 is 0 Å². The second kappa shape index (κ2) is 7.56. The highest BCUT2D eigenvalue weighted by atomic mass is 16.2. The Balaban J connectivity index is 1.74. The Bertz CT molecular complexity index is 593. The summed E-state index contributed by atoms with van der Waals surface area (Å²) in [5, 5.41) is 10.8. The number of aromatic nitrogens is 2. The van der Waals surface area contributed by atoms with Crippen molar-refractivity contribution >= 4 is 11.8 Å². The smallest absolute Gasteiger partial charge is 0.250 e. The molecule has 2 saturated heterocycles. The van der Waals surface area contributed by atoms with E-state index in [4.69, 9.17) is 0 Å². The van der Waals surface area contributed by atoms with E-state index in [0.717, 1.165) is 45.3 Å². The first-order valence-electron chi connectivity index (χ1n) is 9.33. The molecule has 2 N–H and O–H groups in total. The molecule has 0 bridgehead atoms. The number of likely N-dealkylation sites (tertiary alicyclic amines) is 1. The van der Waals surface area contributed by atoms with Gasteiger partial charge in [-0.15, -0.1) is 0 Å². The van der Waals surface area contributed by atoms with Gasteiger partial charge >= 0.3 is 0 Å². The van der Waals surface area contributed by atoms with E-state index in [0.29, 0.717) is 6.54 Å². The minimum atomic E-state index is -0.599. The van der Waals surface area contributed by atoms with Gasteiger partial charge < -0.3 is 15.5 Å². The highest BCUT2D eigenvalue weighted by Gasteiger charge is 2.45. The average Bonchev–Trinajstić information content (AvgIpc) is 3.17. The van der Waals surface area contributed by atoms with E-state index in [2.05, 4.69) is 15.7 Å². The maximum absolute atomic E-state index is 13.5. The lowest BCUT2D eigenvalue weighted by Crippen LogP contribution is -2.59. The topological polar surface area (TPSA) is 79.3 Å². The standard InChI is InChI=1S/C18H29N5O2/c1-14(2)16(24)21-15-5-3-11-22(13-15)17(25)18(6-9-19-10-7-18)23-12-4-8-20-23/h4,8,12,14-15,19H,3,5-7,9-11,13H2,1-2H3,(H,21,24). The second-order valence-electron chi connectivity index (χ2n) is 7.49. The number of carbonyl (C=O) groups is 2. The minimum Gasteiger partial charge on any atom is -0.351 e. The Hall–Kier alpha value is -1.89. The van der Waals surface area contributed by atoms with Gasteiger partial charge in [-0.1, -0.05) is 13.8 Å². The molecule has 0 saturated carbocycles. The molecule has 2 aliphatic rings. The van der Waals surface area contributed by atoms with E-state index >= 15 is 0 Å². The zero-order valence-corrected chi connectivity index (χ0v) is 15.2. The van der Waals surface area contributed by atoms with Crippen molar-refractivity contribution in [3.05, 3.63) is 18.5 Å². The normalized spacial score (nSPS) is 23.5. The van der Waals surface area contributed by atoms with Gasteiger partial charge in [0, 0.05) is 37.4 Å². The molecular weight excluding hydrogens is 318 g/mol. The summed E-state index contributed by atoms with van der Waals surface area (Å²) >= 11 is 0. The third-order valence-electron chi connectivity index (χ3n) is 5.35. The fourth-order valence-corrected chi connectivity index (χ4v) is 3.84. The zero-order valence-electron chi connectivity index (χ0n) is 15.2. The van der Waals surface area contributed by atoms with Gasteiger partial charge in [0.15, 0.2) is 0 Å². The van der Waals surface area contributed by atoms with Crippen LogP contribution in [0.4, 0.5) is 0 Å². The number of nitrogens with one attached hydrogen (secondary N) is 2. The van der Waals surface area contributed by atoms with Crippen LogP contribution in [0.3, 0.4) is 0 Å². The maximum atomic E-state index is 13.5. The number of rotatable bonds is 4. The fourth-order valence-electron chi connectivity index (χ4n) is 3.84. The van der Waals surface area contributed by atoms with Crippen LogP contribution in [0.5, 0.6) is 0 Å². The van der Waals surface area contributed by atoms with Crippen LogP contribution in [0.25, 0.3) is 0 Å². The molecule has 3 rings (SSSR count). The Morgan fingerprint density at radius 3 is 2.72 bits per heavy atom. The van der Waals surface area contributed by atoms with E-state index in [9.17, 15) is 9.59 Å². The van der Waals surface area contributed by atoms with Crippen LogP contribution < -0.4 is 10.6 Å². The van der Waals surface area contributed by atoms with Crippen LogP contribution in [-0.2, 0) is 15.1 Å². The minimum absolute atomic E-state index is 0.0362. The molecule has 0 radical (unpaired) electrons. The van der Waals surface area contributed by atoms with Crippen LogP contribution in [-0.4, -0.2) is 58.7 Å². The second-order valence-corrected chi connectivity index (χ2v) is 7.49. The molecule has 1 unspecified atom stereocenters. The molecule has 0 spiro atoms. The third-order valence-corrected chi connectivity index (χ3v) is 5.35. The Kier molecular flexibility index (Phi) is 5.42. The summed E-state index contributed by atoms with van der Waals surface area (Å²) in [7, 11) is 0. The van der Waals surface area contributed by atoms with Crippen LogP contribution in [0.1, 0.15) is 39.5 Å². The highest BCUT2D eigenvalue weighted by molar-refractivity contribution is 5.85. The largest absolute Gasteiger partial charge is 0.351 e. The third kappa shape index (κ3) is 3.71. The van der Waals surface area contributed by atoms with Crippen LogP contribution in [0, 0.1) is 5.92 Å². The van der Waals surface area contributed by atoms with Crippen LogP contribution in [0.2, 0.25) is 0 Å². The molecule has 0 aliphatic carbocycles. The molecule has 0 aromatic carbocycles. The number of amides is 2. The van der Waals surface area contributed by atoms with E-state index in [1.54, 1.807) is 6.20 Å². The van der Waals surface area contributed by atoms with E-state index in [1.165, 1.54) is 0 Å². The van der Waals surface area contributed by atoms with Gasteiger partial charge in [-0.25, -0.2) is 0 Å². The van der Waals surface area contributed by atoms with Crippen molar-refractivity contribution in [2.24, 2.45) is 5.92 Å². The molecule has 2 fully saturated rings. The zero-order chi connectivity index (χ0) is 17.9. The van der Waals surface area contributed by atoms with Gasteiger partial charge in [-0.05, 0) is 44.8 Å². The van der Waals surface area contributed by atoms with Gasteiger partial charge in [0.05, 0.1) is 0 Å². The lowest BCUT2D eigenvalue weighted by molar-refractivity contribution is -0.145. The van der Waals surface area contributed by atoms with E-state index < -0.39 is 5.54 Å². The summed E-state index contributed by atoms with van der Waals surface area (Å²) in [6.45, 7) is 6.75.